The number of rotatable bonds is 6. The van der Waals surface area contributed by atoms with Gasteiger partial charge in [0.1, 0.15) is 23.2 Å². The third-order valence-corrected chi connectivity index (χ3v) is 5.04. The van der Waals surface area contributed by atoms with Crippen LogP contribution in [0.5, 0.6) is 11.5 Å². The highest BCUT2D eigenvalue weighted by atomic mass is 19.1. The molecule has 0 unspecified atom stereocenters. The molecule has 1 aliphatic rings. The average molecular weight is 398 g/mol. The number of ketones is 1. The molecule has 29 heavy (non-hydrogen) atoms. The number of hydrogen-bond acceptors (Lipinski definition) is 5. The van der Waals surface area contributed by atoms with Crippen LogP contribution < -0.4 is 9.47 Å². The predicted octanol–water partition coefficient (Wildman–Crippen LogP) is 4.16. The van der Waals surface area contributed by atoms with Gasteiger partial charge in [0.05, 0.1) is 20.8 Å². The first-order valence-corrected chi connectivity index (χ1v) is 9.37. The van der Waals surface area contributed by atoms with Gasteiger partial charge in [-0.15, -0.1) is 0 Å². The second-order valence-electron chi connectivity index (χ2n) is 6.73. The van der Waals surface area contributed by atoms with Crippen molar-refractivity contribution < 1.29 is 28.2 Å². The highest BCUT2D eigenvalue weighted by Gasteiger charge is 2.41. The summed E-state index contributed by atoms with van der Waals surface area (Å²) in [6.45, 7) is 1.87. The van der Waals surface area contributed by atoms with Crippen LogP contribution >= 0.6 is 0 Å². The summed E-state index contributed by atoms with van der Waals surface area (Å²) >= 11 is 0. The van der Waals surface area contributed by atoms with E-state index in [0.29, 0.717) is 34.6 Å². The van der Waals surface area contributed by atoms with E-state index in [9.17, 15) is 14.0 Å². The molecule has 5 nitrogen and oxygen atoms in total. The first-order valence-electron chi connectivity index (χ1n) is 9.37. The molecule has 2 aromatic rings. The number of hydrogen-bond donors (Lipinski definition) is 0. The van der Waals surface area contributed by atoms with E-state index in [4.69, 9.17) is 14.2 Å². The first kappa shape index (κ1) is 20.6. The summed E-state index contributed by atoms with van der Waals surface area (Å²) in [4.78, 5) is 25.6. The van der Waals surface area contributed by atoms with Crippen molar-refractivity contribution in [1.29, 1.82) is 0 Å². The molecule has 0 aromatic heterocycles. The summed E-state index contributed by atoms with van der Waals surface area (Å²) in [5.74, 6) is -1.76. The Labute approximate surface area is 169 Å². The summed E-state index contributed by atoms with van der Waals surface area (Å²) in [5, 5.41) is 0. The van der Waals surface area contributed by atoms with Crippen LogP contribution in [0.15, 0.2) is 48.5 Å². The number of allylic oxidation sites excluding steroid dienone is 2. The minimum Gasteiger partial charge on any atom is -0.497 e. The fraction of sp³-hybridized carbons (Fsp3) is 0.304. The lowest BCUT2D eigenvalue weighted by Gasteiger charge is -2.30. The van der Waals surface area contributed by atoms with Crippen molar-refractivity contribution in [2.75, 3.05) is 20.8 Å². The van der Waals surface area contributed by atoms with Gasteiger partial charge in [-0.05, 0) is 60.9 Å². The second-order valence-corrected chi connectivity index (χ2v) is 6.73. The molecular formula is C23H23FO5. The maximum absolute atomic E-state index is 13.7. The second kappa shape index (κ2) is 8.90. The van der Waals surface area contributed by atoms with E-state index in [1.807, 2.05) is 0 Å². The molecule has 0 N–H and O–H groups in total. The van der Waals surface area contributed by atoms with Crippen LogP contribution in [-0.2, 0) is 14.3 Å². The van der Waals surface area contributed by atoms with Crippen molar-refractivity contribution in [3.63, 3.8) is 0 Å². The first-order chi connectivity index (χ1) is 14.0. The van der Waals surface area contributed by atoms with Gasteiger partial charge in [-0.1, -0.05) is 12.1 Å². The van der Waals surface area contributed by atoms with Crippen LogP contribution in [0.2, 0.25) is 0 Å². The Morgan fingerprint density at radius 2 is 1.93 bits per heavy atom. The molecule has 0 fully saturated rings. The van der Waals surface area contributed by atoms with Crippen LogP contribution in [0.1, 0.15) is 30.4 Å². The van der Waals surface area contributed by atoms with E-state index in [1.165, 1.54) is 25.3 Å². The van der Waals surface area contributed by atoms with Gasteiger partial charge in [0.2, 0.25) is 0 Å². The van der Waals surface area contributed by atoms with E-state index >= 15 is 0 Å². The lowest BCUT2D eigenvalue weighted by Crippen LogP contribution is -2.34. The largest absolute Gasteiger partial charge is 0.497 e. The maximum Gasteiger partial charge on any atom is 0.317 e. The summed E-state index contributed by atoms with van der Waals surface area (Å²) in [7, 11) is 3.07. The van der Waals surface area contributed by atoms with E-state index < -0.39 is 17.8 Å². The highest BCUT2D eigenvalue weighted by Crippen LogP contribution is 2.44. The van der Waals surface area contributed by atoms with Crippen molar-refractivity contribution in [2.45, 2.75) is 19.3 Å². The molecule has 0 bridgehead atoms. The quantitative estimate of drug-likeness (QED) is 0.540. The van der Waals surface area contributed by atoms with E-state index in [-0.39, 0.29) is 18.2 Å². The van der Waals surface area contributed by atoms with Crippen LogP contribution in [0.3, 0.4) is 0 Å². The predicted molar refractivity (Wildman–Crippen MR) is 106 cm³/mol. The zero-order valence-corrected chi connectivity index (χ0v) is 16.6. The van der Waals surface area contributed by atoms with Gasteiger partial charge >= 0.3 is 5.97 Å². The Balaban J connectivity index is 2.12. The number of carbonyl (C=O) groups is 2. The molecule has 0 heterocycles. The molecule has 0 saturated carbocycles. The minimum absolute atomic E-state index is 0.172. The Morgan fingerprint density at radius 3 is 2.59 bits per heavy atom. The van der Waals surface area contributed by atoms with Gasteiger partial charge in [0.15, 0.2) is 5.78 Å². The monoisotopic (exact) mass is 398 g/mol. The van der Waals surface area contributed by atoms with Crippen molar-refractivity contribution in [3.8, 4) is 11.5 Å². The summed E-state index contributed by atoms with van der Waals surface area (Å²) < 4.78 is 29.7. The van der Waals surface area contributed by atoms with E-state index in [1.54, 1.807) is 44.4 Å². The standard InChI is InChI=1S/C23H23FO5/c1-4-29-23(26)22-19(18-13-17(27-2)8-9-21(18)28-3)11-15(12-20(22)25)14-6-5-7-16(24)10-14/h5-10,12-13,19,22H,4,11H2,1-3H3/t19-,22-/m0/s1. The number of methoxy groups -OCH3 is 2. The van der Waals surface area contributed by atoms with Crippen molar-refractivity contribution >= 4 is 17.3 Å². The fourth-order valence-electron chi connectivity index (χ4n) is 3.69. The number of carbonyl (C=O) groups excluding carboxylic acids is 2. The molecule has 0 aliphatic heterocycles. The Hall–Kier alpha value is -3.15. The van der Waals surface area contributed by atoms with Gasteiger partial charge in [-0.25, -0.2) is 4.39 Å². The Morgan fingerprint density at radius 1 is 1.14 bits per heavy atom. The minimum atomic E-state index is -1.01. The molecule has 2 aromatic carbocycles. The molecule has 2 atom stereocenters. The van der Waals surface area contributed by atoms with Crippen molar-refractivity contribution in [2.24, 2.45) is 5.92 Å². The lowest BCUT2D eigenvalue weighted by atomic mass is 9.73. The van der Waals surface area contributed by atoms with Crippen LogP contribution in [0, 0.1) is 11.7 Å². The van der Waals surface area contributed by atoms with Crippen LogP contribution in [-0.4, -0.2) is 32.6 Å². The third-order valence-electron chi connectivity index (χ3n) is 5.04. The molecule has 3 rings (SSSR count). The highest BCUT2D eigenvalue weighted by molar-refractivity contribution is 6.10. The van der Waals surface area contributed by atoms with E-state index in [0.717, 1.165) is 0 Å². The molecule has 0 spiro atoms. The molecule has 0 saturated heterocycles. The topological polar surface area (TPSA) is 61.8 Å². The van der Waals surface area contributed by atoms with Crippen LogP contribution in [0.25, 0.3) is 5.57 Å². The normalized spacial score (nSPS) is 18.8. The van der Waals surface area contributed by atoms with Crippen molar-refractivity contribution in [3.05, 3.63) is 65.5 Å². The number of ether oxygens (including phenoxy) is 3. The van der Waals surface area contributed by atoms with Gasteiger partial charge in [0.25, 0.3) is 0 Å². The molecule has 6 heteroatoms. The van der Waals surface area contributed by atoms with Gasteiger partial charge in [-0.2, -0.15) is 0 Å². The number of esters is 1. The number of halogens is 1. The average Bonchev–Trinajstić information content (AvgIpc) is 2.72. The SMILES string of the molecule is CCOC(=O)[C@@H]1C(=O)C=C(c2cccc(F)c2)C[C@H]1c1cc(OC)ccc1OC. The van der Waals surface area contributed by atoms with Gasteiger partial charge < -0.3 is 14.2 Å². The van der Waals surface area contributed by atoms with Gasteiger partial charge in [-0.3, -0.25) is 9.59 Å². The van der Waals surface area contributed by atoms with Crippen LogP contribution in [0.4, 0.5) is 4.39 Å². The lowest BCUT2D eigenvalue weighted by molar-refractivity contribution is -0.151. The molecule has 152 valence electrons. The summed E-state index contributed by atoms with van der Waals surface area (Å²) in [6, 6.07) is 11.3. The molecule has 0 radical (unpaired) electrons. The maximum atomic E-state index is 13.7. The van der Waals surface area contributed by atoms with E-state index in [2.05, 4.69) is 0 Å². The van der Waals surface area contributed by atoms with Gasteiger partial charge in [0, 0.05) is 11.5 Å². The molecule has 0 amide bonds. The van der Waals surface area contributed by atoms with Crippen molar-refractivity contribution in [1.82, 2.24) is 0 Å². The summed E-state index contributed by atoms with van der Waals surface area (Å²) in [6.07, 6.45) is 1.77. The zero-order chi connectivity index (χ0) is 21.0. The summed E-state index contributed by atoms with van der Waals surface area (Å²) in [5.41, 5.74) is 1.93. The Kier molecular flexibility index (Phi) is 6.32. The third kappa shape index (κ3) is 4.31. The number of benzene rings is 2. The Bertz CT molecular complexity index is 950. The molecule has 1 aliphatic carbocycles. The zero-order valence-electron chi connectivity index (χ0n) is 16.6. The smallest absolute Gasteiger partial charge is 0.317 e. The fourth-order valence-corrected chi connectivity index (χ4v) is 3.69. The molecular weight excluding hydrogens is 375 g/mol.